The van der Waals surface area contributed by atoms with E-state index in [1.54, 1.807) is 23.1 Å². The van der Waals surface area contributed by atoms with Crippen molar-refractivity contribution in [1.29, 1.82) is 0 Å². The van der Waals surface area contributed by atoms with Crippen LogP contribution in [0.25, 0.3) is 0 Å². The molecule has 13 heavy (non-hydrogen) atoms. The van der Waals surface area contributed by atoms with Gasteiger partial charge >= 0.3 is 5.97 Å². The van der Waals surface area contributed by atoms with Crippen LogP contribution in [0.5, 0.6) is 0 Å². The number of aryl methyl sites for hydroxylation is 1. The zero-order valence-corrected chi connectivity index (χ0v) is 8.91. The number of ether oxygens (including phenoxy) is 1. The largest absolute Gasteiger partial charge is 0.468 e. The lowest BCUT2D eigenvalue weighted by molar-refractivity contribution is -0.140. The van der Waals surface area contributed by atoms with Crippen molar-refractivity contribution in [2.75, 3.05) is 12.9 Å². The van der Waals surface area contributed by atoms with Crippen LogP contribution in [0.2, 0.25) is 0 Å². The predicted octanol–water partition coefficient (Wildman–Crippen LogP) is 2.25. The first-order valence-corrected chi connectivity index (χ1v) is 6.01. The maximum absolute atomic E-state index is 11.4. The van der Waals surface area contributed by atoms with E-state index in [2.05, 4.69) is 0 Å². The molecule has 0 aliphatic carbocycles. The summed E-state index contributed by atoms with van der Waals surface area (Å²) in [7, 11) is 1.45. The average Bonchev–Trinajstić information content (AvgIpc) is 2.63. The van der Waals surface area contributed by atoms with Crippen LogP contribution in [-0.4, -0.2) is 18.8 Å². The van der Waals surface area contributed by atoms with E-state index < -0.39 is 0 Å². The van der Waals surface area contributed by atoms with Crippen molar-refractivity contribution in [3.63, 3.8) is 0 Å². The minimum absolute atomic E-state index is 0.0833. The molecule has 0 radical (unpaired) electrons. The van der Waals surface area contributed by atoms with Gasteiger partial charge in [-0.05, 0) is 29.2 Å². The summed E-state index contributed by atoms with van der Waals surface area (Å²) in [4.78, 5) is 12.7. The molecule has 4 heteroatoms. The summed E-state index contributed by atoms with van der Waals surface area (Å²) in [5, 5.41) is 1.96. The summed E-state index contributed by atoms with van der Waals surface area (Å²) in [6, 6.07) is 2.04. The van der Waals surface area contributed by atoms with Crippen LogP contribution in [0, 0.1) is 0 Å². The summed E-state index contributed by atoms with van der Waals surface area (Å²) in [6.07, 6.45) is 1.09. The number of carbonyl (C=O) groups is 1. The van der Waals surface area contributed by atoms with Gasteiger partial charge in [0.2, 0.25) is 0 Å². The Morgan fingerprint density at radius 1 is 1.69 bits per heavy atom. The molecule has 2 heterocycles. The van der Waals surface area contributed by atoms with E-state index in [9.17, 15) is 4.79 Å². The summed E-state index contributed by atoms with van der Waals surface area (Å²) in [5.41, 5.74) is 1.16. The van der Waals surface area contributed by atoms with Crippen LogP contribution in [0.4, 0.5) is 0 Å². The molecule has 2 rings (SSSR count). The van der Waals surface area contributed by atoms with Gasteiger partial charge in [0.25, 0.3) is 0 Å². The number of hydrogen-bond acceptors (Lipinski definition) is 4. The van der Waals surface area contributed by atoms with Gasteiger partial charge in [-0.3, -0.25) is 4.79 Å². The van der Waals surface area contributed by atoms with Gasteiger partial charge in [0.05, 0.1) is 7.11 Å². The summed E-state index contributed by atoms with van der Waals surface area (Å²) < 4.78 is 4.76. The normalized spacial score (nSPS) is 20.8. The van der Waals surface area contributed by atoms with Gasteiger partial charge in [0.15, 0.2) is 0 Å². The molecule has 0 saturated heterocycles. The van der Waals surface area contributed by atoms with Crippen LogP contribution in [-0.2, 0) is 16.0 Å². The van der Waals surface area contributed by atoms with Gasteiger partial charge in [-0.15, -0.1) is 23.1 Å². The van der Waals surface area contributed by atoms with E-state index >= 15 is 0 Å². The minimum Gasteiger partial charge on any atom is -0.468 e. The molecule has 1 atom stereocenters. The zero-order valence-electron chi connectivity index (χ0n) is 7.28. The lowest BCUT2D eigenvalue weighted by Crippen LogP contribution is -2.16. The van der Waals surface area contributed by atoms with Crippen LogP contribution in [0.15, 0.2) is 11.4 Å². The van der Waals surface area contributed by atoms with Crippen LogP contribution >= 0.6 is 23.1 Å². The van der Waals surface area contributed by atoms with Gasteiger partial charge < -0.3 is 4.74 Å². The molecular weight excluding hydrogens is 204 g/mol. The minimum atomic E-state index is -0.121. The molecule has 0 fully saturated rings. The highest BCUT2D eigenvalue weighted by molar-refractivity contribution is 8.00. The van der Waals surface area contributed by atoms with Crippen molar-refractivity contribution in [2.45, 2.75) is 11.7 Å². The number of carbonyl (C=O) groups excluding carboxylic acids is 1. The Morgan fingerprint density at radius 3 is 3.31 bits per heavy atom. The molecule has 0 bridgehead atoms. The maximum atomic E-state index is 11.4. The van der Waals surface area contributed by atoms with E-state index in [-0.39, 0.29) is 11.2 Å². The van der Waals surface area contributed by atoms with Crippen molar-refractivity contribution in [3.05, 3.63) is 21.9 Å². The first-order chi connectivity index (χ1) is 6.33. The van der Waals surface area contributed by atoms with Crippen LogP contribution < -0.4 is 0 Å². The number of methoxy groups -OCH3 is 1. The summed E-state index contributed by atoms with van der Waals surface area (Å²) >= 11 is 3.41. The highest BCUT2D eigenvalue weighted by atomic mass is 32.2. The van der Waals surface area contributed by atoms with Gasteiger partial charge in [-0.25, -0.2) is 0 Å². The molecule has 0 N–H and O–H groups in total. The molecule has 1 aromatic heterocycles. The van der Waals surface area contributed by atoms with Gasteiger partial charge in [-0.1, -0.05) is 0 Å². The molecule has 2 nitrogen and oxygen atoms in total. The topological polar surface area (TPSA) is 26.3 Å². The number of hydrogen-bond donors (Lipinski definition) is 0. The average molecular weight is 214 g/mol. The third-order valence-corrected chi connectivity index (χ3v) is 4.31. The van der Waals surface area contributed by atoms with Gasteiger partial charge in [-0.2, -0.15) is 0 Å². The molecule has 0 saturated carbocycles. The van der Waals surface area contributed by atoms with E-state index in [4.69, 9.17) is 4.74 Å². The van der Waals surface area contributed by atoms with E-state index in [0.29, 0.717) is 0 Å². The highest BCUT2D eigenvalue weighted by Crippen LogP contribution is 2.39. The van der Waals surface area contributed by atoms with Gasteiger partial charge in [0.1, 0.15) is 5.25 Å². The lowest BCUT2D eigenvalue weighted by Gasteiger charge is -2.19. The quantitative estimate of drug-likeness (QED) is 0.671. The van der Waals surface area contributed by atoms with E-state index in [0.717, 1.165) is 17.7 Å². The Bertz CT molecular complexity index is 319. The fourth-order valence-corrected chi connectivity index (χ4v) is 3.76. The standard InChI is InChI=1S/C9H10O2S2/c1-11-9(10)8-6-2-4-12-7(6)3-5-13-8/h2,4,8H,3,5H2,1H3. The lowest BCUT2D eigenvalue weighted by atomic mass is 10.1. The third-order valence-electron chi connectivity index (χ3n) is 2.09. The number of fused-ring (bicyclic) bond motifs is 1. The molecular formula is C9H10O2S2. The smallest absolute Gasteiger partial charge is 0.323 e. The fraction of sp³-hybridized carbons (Fsp3) is 0.444. The van der Waals surface area contributed by atoms with Gasteiger partial charge in [0, 0.05) is 4.88 Å². The van der Waals surface area contributed by atoms with E-state index in [1.807, 2.05) is 11.4 Å². The number of esters is 1. The van der Waals surface area contributed by atoms with E-state index in [1.165, 1.54) is 12.0 Å². The maximum Gasteiger partial charge on any atom is 0.323 e. The van der Waals surface area contributed by atoms with Crippen molar-refractivity contribution < 1.29 is 9.53 Å². The SMILES string of the molecule is COC(=O)C1SCCc2sccc21. The molecule has 0 amide bonds. The zero-order chi connectivity index (χ0) is 9.26. The Hall–Kier alpha value is -0.480. The van der Waals surface area contributed by atoms with Crippen LogP contribution in [0.3, 0.4) is 0 Å². The van der Waals surface area contributed by atoms with Crippen molar-refractivity contribution >= 4 is 29.1 Å². The van der Waals surface area contributed by atoms with Crippen molar-refractivity contribution in [3.8, 4) is 0 Å². The fourth-order valence-electron chi connectivity index (χ4n) is 1.45. The second-order valence-corrected chi connectivity index (χ2v) is 5.04. The first kappa shape index (κ1) is 9.09. The summed E-state index contributed by atoms with van der Waals surface area (Å²) in [6.45, 7) is 0. The molecule has 1 unspecified atom stereocenters. The second kappa shape index (κ2) is 3.72. The second-order valence-electron chi connectivity index (χ2n) is 2.82. The Balaban J connectivity index is 2.30. The number of thioether (sulfide) groups is 1. The highest BCUT2D eigenvalue weighted by Gasteiger charge is 2.28. The predicted molar refractivity (Wildman–Crippen MR) is 55.2 cm³/mol. The number of thiophene rings is 1. The first-order valence-electron chi connectivity index (χ1n) is 4.08. The molecule has 1 aliphatic heterocycles. The van der Waals surface area contributed by atoms with Crippen molar-refractivity contribution in [2.24, 2.45) is 0 Å². The molecule has 0 spiro atoms. The monoisotopic (exact) mass is 214 g/mol. The van der Waals surface area contributed by atoms with Crippen molar-refractivity contribution in [1.82, 2.24) is 0 Å². The Kier molecular flexibility index (Phi) is 2.60. The third kappa shape index (κ3) is 1.60. The summed E-state index contributed by atoms with van der Waals surface area (Å²) in [5.74, 6) is 0.900. The molecule has 1 aromatic rings. The number of rotatable bonds is 1. The Labute approximate surface area is 85.3 Å². The molecule has 70 valence electrons. The molecule has 0 aromatic carbocycles. The van der Waals surface area contributed by atoms with Crippen LogP contribution in [0.1, 0.15) is 15.7 Å². The molecule has 1 aliphatic rings. The Morgan fingerprint density at radius 2 is 2.54 bits per heavy atom.